The summed E-state index contributed by atoms with van der Waals surface area (Å²) in [5.74, 6) is 1.87. The number of anilines is 1. The van der Waals surface area contributed by atoms with Crippen LogP contribution in [0, 0.1) is 0 Å². The predicted molar refractivity (Wildman–Crippen MR) is 120 cm³/mol. The molecule has 1 aromatic heterocycles. The Bertz CT molecular complexity index is 1170. The molecular weight excluding hydrogens is 400 g/mol. The van der Waals surface area contributed by atoms with Crippen LogP contribution >= 0.6 is 11.6 Å². The Morgan fingerprint density at radius 3 is 2.70 bits per heavy atom. The number of aromatic nitrogens is 2. The van der Waals surface area contributed by atoms with Crippen molar-refractivity contribution in [2.75, 3.05) is 12.5 Å². The number of methoxy groups -OCH3 is 1. The minimum Gasteiger partial charge on any atom is -0.493 e. The molecule has 0 unspecified atom stereocenters. The molecule has 0 saturated heterocycles. The van der Waals surface area contributed by atoms with Crippen molar-refractivity contribution in [1.82, 2.24) is 10.2 Å². The largest absolute Gasteiger partial charge is 0.493 e. The first kappa shape index (κ1) is 19.7. The third-order valence-corrected chi connectivity index (χ3v) is 4.70. The van der Waals surface area contributed by atoms with Crippen LogP contribution in [-0.2, 0) is 6.61 Å². The van der Waals surface area contributed by atoms with E-state index in [4.69, 9.17) is 21.1 Å². The van der Waals surface area contributed by atoms with Crippen LogP contribution in [0.1, 0.15) is 11.1 Å². The molecule has 30 heavy (non-hydrogen) atoms. The summed E-state index contributed by atoms with van der Waals surface area (Å²) in [7, 11) is 1.61. The second-order valence-corrected chi connectivity index (χ2v) is 6.91. The van der Waals surface area contributed by atoms with Crippen LogP contribution in [-0.4, -0.2) is 23.5 Å². The molecule has 0 amide bonds. The van der Waals surface area contributed by atoms with Crippen LogP contribution in [0.2, 0.25) is 5.02 Å². The number of fused-ring (bicyclic) bond motifs is 1. The molecule has 6 nitrogen and oxygen atoms in total. The average Bonchev–Trinajstić information content (AvgIpc) is 2.79. The Morgan fingerprint density at radius 1 is 1.03 bits per heavy atom. The van der Waals surface area contributed by atoms with E-state index in [1.807, 2.05) is 66.7 Å². The number of halogens is 1. The fourth-order valence-electron chi connectivity index (χ4n) is 2.90. The van der Waals surface area contributed by atoms with Crippen LogP contribution in [0.3, 0.4) is 0 Å². The standard InChI is InChI=1S/C23H19ClN4O2/c1-29-22-12-17(8-11-21(22)30-15-16-6-9-19(24)10-7-16)13-25-27-23-20-5-3-2-4-18(20)14-26-28-23/h2-14H,15H2,1H3,(H,27,28)/b25-13+. The SMILES string of the molecule is COc1cc(/C=N/Nc2nncc3ccccc23)ccc1OCc1ccc(Cl)cc1. The van der Waals surface area contributed by atoms with Gasteiger partial charge < -0.3 is 9.47 Å². The summed E-state index contributed by atoms with van der Waals surface area (Å²) in [6.07, 6.45) is 3.41. The molecule has 0 aliphatic heterocycles. The Hall–Kier alpha value is -3.64. The molecule has 0 aliphatic rings. The highest BCUT2D eigenvalue weighted by atomic mass is 35.5. The summed E-state index contributed by atoms with van der Waals surface area (Å²) in [4.78, 5) is 0. The molecular formula is C23H19ClN4O2. The van der Waals surface area contributed by atoms with Crippen molar-refractivity contribution in [3.8, 4) is 11.5 Å². The number of rotatable bonds is 7. The topological polar surface area (TPSA) is 68.6 Å². The van der Waals surface area contributed by atoms with E-state index < -0.39 is 0 Å². The highest BCUT2D eigenvalue weighted by molar-refractivity contribution is 6.30. The van der Waals surface area contributed by atoms with Gasteiger partial charge in [-0.05, 0) is 41.5 Å². The normalized spacial score (nSPS) is 11.0. The number of nitrogens with one attached hydrogen (secondary N) is 1. The molecule has 150 valence electrons. The van der Waals surface area contributed by atoms with Crippen molar-refractivity contribution in [3.63, 3.8) is 0 Å². The lowest BCUT2D eigenvalue weighted by Gasteiger charge is -2.11. The lowest BCUT2D eigenvalue weighted by Crippen LogP contribution is -1.99. The van der Waals surface area contributed by atoms with Gasteiger partial charge in [-0.1, -0.05) is 48.0 Å². The third kappa shape index (κ3) is 4.67. The number of benzene rings is 3. The van der Waals surface area contributed by atoms with Gasteiger partial charge in [0.2, 0.25) is 0 Å². The lowest BCUT2D eigenvalue weighted by atomic mass is 10.2. The Morgan fingerprint density at radius 2 is 1.87 bits per heavy atom. The van der Waals surface area contributed by atoms with Crippen molar-refractivity contribution < 1.29 is 9.47 Å². The molecule has 0 aliphatic carbocycles. The van der Waals surface area contributed by atoms with Crippen molar-refractivity contribution in [1.29, 1.82) is 0 Å². The second kappa shape index (κ2) is 9.24. The van der Waals surface area contributed by atoms with E-state index in [1.165, 1.54) is 0 Å². The zero-order chi connectivity index (χ0) is 20.8. The van der Waals surface area contributed by atoms with Crippen LogP contribution in [0.5, 0.6) is 11.5 Å². The molecule has 4 aromatic rings. The zero-order valence-electron chi connectivity index (χ0n) is 16.2. The summed E-state index contributed by atoms with van der Waals surface area (Å²) in [5.41, 5.74) is 4.83. The first-order chi connectivity index (χ1) is 14.7. The van der Waals surface area contributed by atoms with Crippen molar-refractivity contribution in [2.24, 2.45) is 5.10 Å². The van der Waals surface area contributed by atoms with E-state index in [0.29, 0.717) is 28.9 Å². The quantitative estimate of drug-likeness (QED) is 0.325. The fraction of sp³-hybridized carbons (Fsp3) is 0.0870. The first-order valence-corrected chi connectivity index (χ1v) is 9.65. The number of nitrogens with zero attached hydrogens (tertiary/aromatic N) is 3. The van der Waals surface area contributed by atoms with Crippen LogP contribution < -0.4 is 14.9 Å². The smallest absolute Gasteiger partial charge is 0.176 e. The van der Waals surface area contributed by atoms with Crippen molar-refractivity contribution in [3.05, 3.63) is 89.1 Å². The molecule has 1 heterocycles. The lowest BCUT2D eigenvalue weighted by molar-refractivity contribution is 0.284. The van der Waals surface area contributed by atoms with Crippen molar-refractivity contribution in [2.45, 2.75) is 6.61 Å². The van der Waals surface area contributed by atoms with Gasteiger partial charge in [0.25, 0.3) is 0 Å². The summed E-state index contributed by atoms with van der Waals surface area (Å²) in [6, 6.07) is 21.0. The maximum atomic E-state index is 5.92. The van der Waals surface area contributed by atoms with E-state index in [1.54, 1.807) is 19.5 Å². The molecule has 0 bridgehead atoms. The second-order valence-electron chi connectivity index (χ2n) is 6.48. The Kier molecular flexibility index (Phi) is 6.06. The molecule has 4 rings (SSSR count). The van der Waals surface area contributed by atoms with Gasteiger partial charge in [0.1, 0.15) is 6.61 Å². The number of hydrogen-bond acceptors (Lipinski definition) is 6. The third-order valence-electron chi connectivity index (χ3n) is 4.45. The average molecular weight is 419 g/mol. The highest BCUT2D eigenvalue weighted by Crippen LogP contribution is 2.28. The predicted octanol–water partition coefficient (Wildman–Crippen LogP) is 5.32. The summed E-state index contributed by atoms with van der Waals surface area (Å²) in [5, 5.41) is 15.0. The minimum atomic E-state index is 0.419. The summed E-state index contributed by atoms with van der Waals surface area (Å²) >= 11 is 5.92. The summed E-state index contributed by atoms with van der Waals surface area (Å²) < 4.78 is 11.3. The highest BCUT2D eigenvalue weighted by Gasteiger charge is 2.06. The van der Waals surface area contributed by atoms with Crippen molar-refractivity contribution >= 4 is 34.4 Å². The number of ether oxygens (including phenoxy) is 2. The first-order valence-electron chi connectivity index (χ1n) is 9.28. The van der Waals surface area contributed by atoms with Crippen LogP contribution in [0.15, 0.2) is 78.0 Å². The van der Waals surface area contributed by atoms with Crippen LogP contribution in [0.25, 0.3) is 10.8 Å². The minimum absolute atomic E-state index is 0.419. The number of hydrogen-bond donors (Lipinski definition) is 1. The molecule has 0 radical (unpaired) electrons. The fourth-order valence-corrected chi connectivity index (χ4v) is 3.03. The number of hydrazone groups is 1. The van der Waals surface area contributed by atoms with E-state index in [0.717, 1.165) is 21.9 Å². The molecule has 0 spiro atoms. The molecule has 0 saturated carbocycles. The maximum Gasteiger partial charge on any atom is 0.176 e. The van der Waals surface area contributed by atoms with E-state index in [-0.39, 0.29) is 0 Å². The zero-order valence-corrected chi connectivity index (χ0v) is 17.0. The van der Waals surface area contributed by atoms with Gasteiger partial charge in [-0.2, -0.15) is 10.2 Å². The van der Waals surface area contributed by atoms with E-state index in [9.17, 15) is 0 Å². The molecule has 0 atom stereocenters. The van der Waals surface area contributed by atoms with Crippen LogP contribution in [0.4, 0.5) is 5.82 Å². The molecule has 1 N–H and O–H groups in total. The Labute approximate surface area is 179 Å². The van der Waals surface area contributed by atoms with E-state index >= 15 is 0 Å². The molecule has 0 fully saturated rings. The molecule has 7 heteroatoms. The van der Waals surface area contributed by atoms with Gasteiger partial charge in [0.05, 0.1) is 19.5 Å². The van der Waals surface area contributed by atoms with Gasteiger partial charge in [-0.15, -0.1) is 5.10 Å². The van der Waals surface area contributed by atoms with Gasteiger partial charge in [-0.25, -0.2) is 0 Å². The van der Waals surface area contributed by atoms with E-state index in [2.05, 4.69) is 20.7 Å². The monoisotopic (exact) mass is 418 g/mol. The van der Waals surface area contributed by atoms with Gasteiger partial charge in [0, 0.05) is 15.8 Å². The summed E-state index contributed by atoms with van der Waals surface area (Å²) in [6.45, 7) is 0.419. The molecule has 3 aromatic carbocycles. The maximum absolute atomic E-state index is 5.92. The van der Waals surface area contributed by atoms with Gasteiger partial charge >= 0.3 is 0 Å². The van der Waals surface area contributed by atoms with Gasteiger partial charge in [-0.3, -0.25) is 5.43 Å². The Balaban J connectivity index is 1.45. The van der Waals surface area contributed by atoms with Gasteiger partial charge in [0.15, 0.2) is 17.3 Å².